The summed E-state index contributed by atoms with van der Waals surface area (Å²) in [6.45, 7) is 0. The van der Waals surface area contributed by atoms with Gasteiger partial charge in [0.25, 0.3) is 0 Å². The normalized spacial score (nSPS) is 21.2. The highest BCUT2D eigenvalue weighted by Crippen LogP contribution is 2.41. The molecule has 0 bridgehead atoms. The second-order valence-corrected chi connectivity index (χ2v) is 6.10. The van der Waals surface area contributed by atoms with E-state index in [0.717, 1.165) is 16.7 Å². The molecule has 0 heterocycles. The third-order valence-electron chi connectivity index (χ3n) is 3.48. The van der Waals surface area contributed by atoms with Crippen molar-refractivity contribution < 1.29 is 4.79 Å². The standard InChI is InChI=1S/C17H13BrO/c18-17(12-13-6-2-1-3-7-13)15-9-5-4-8-14(15)10-11-16(17)19/h1-11H,12H2. The molecular formula is C17H13BrO. The van der Waals surface area contributed by atoms with Gasteiger partial charge in [0.05, 0.1) is 0 Å². The van der Waals surface area contributed by atoms with Gasteiger partial charge in [-0.1, -0.05) is 76.6 Å². The summed E-state index contributed by atoms with van der Waals surface area (Å²) < 4.78 is -0.639. The van der Waals surface area contributed by atoms with E-state index in [1.807, 2.05) is 48.5 Å². The van der Waals surface area contributed by atoms with Crippen LogP contribution in [0, 0.1) is 0 Å². The molecule has 0 amide bonds. The number of alkyl halides is 1. The number of fused-ring (bicyclic) bond motifs is 1. The molecular weight excluding hydrogens is 300 g/mol. The van der Waals surface area contributed by atoms with Crippen LogP contribution in [-0.4, -0.2) is 5.78 Å². The van der Waals surface area contributed by atoms with Crippen LogP contribution in [-0.2, 0) is 15.5 Å². The predicted octanol–water partition coefficient (Wildman–Crippen LogP) is 4.12. The van der Waals surface area contributed by atoms with Crippen LogP contribution < -0.4 is 0 Å². The molecule has 0 saturated heterocycles. The quantitative estimate of drug-likeness (QED) is 0.762. The lowest BCUT2D eigenvalue weighted by Crippen LogP contribution is -2.33. The van der Waals surface area contributed by atoms with Gasteiger partial charge in [0.1, 0.15) is 4.32 Å². The van der Waals surface area contributed by atoms with Gasteiger partial charge in [-0.05, 0) is 29.2 Å². The Labute approximate surface area is 121 Å². The number of hydrogen-bond acceptors (Lipinski definition) is 1. The van der Waals surface area contributed by atoms with E-state index >= 15 is 0 Å². The lowest BCUT2D eigenvalue weighted by atomic mass is 9.82. The summed E-state index contributed by atoms with van der Waals surface area (Å²) in [6.07, 6.45) is 4.22. The number of allylic oxidation sites excluding steroid dienone is 1. The molecule has 94 valence electrons. The zero-order valence-corrected chi connectivity index (χ0v) is 11.9. The Bertz CT molecular complexity index is 645. The predicted molar refractivity (Wildman–Crippen MR) is 81.2 cm³/mol. The van der Waals surface area contributed by atoms with Crippen molar-refractivity contribution in [2.75, 3.05) is 0 Å². The average Bonchev–Trinajstić information content (AvgIpc) is 2.45. The molecule has 19 heavy (non-hydrogen) atoms. The number of carbonyl (C=O) groups is 1. The highest BCUT2D eigenvalue weighted by molar-refractivity contribution is 9.10. The van der Waals surface area contributed by atoms with Crippen molar-refractivity contribution in [2.24, 2.45) is 0 Å². The molecule has 1 nitrogen and oxygen atoms in total. The molecule has 1 unspecified atom stereocenters. The van der Waals surface area contributed by atoms with E-state index in [1.165, 1.54) is 0 Å². The minimum absolute atomic E-state index is 0.107. The molecule has 3 rings (SSSR count). The van der Waals surface area contributed by atoms with Crippen molar-refractivity contribution >= 4 is 27.8 Å². The second kappa shape index (κ2) is 4.78. The van der Waals surface area contributed by atoms with Gasteiger partial charge in [-0.3, -0.25) is 4.79 Å². The van der Waals surface area contributed by atoms with Crippen molar-refractivity contribution in [2.45, 2.75) is 10.7 Å². The fourth-order valence-corrected chi connectivity index (χ4v) is 3.31. The fourth-order valence-electron chi connectivity index (χ4n) is 2.49. The zero-order valence-electron chi connectivity index (χ0n) is 10.3. The lowest BCUT2D eigenvalue weighted by Gasteiger charge is -2.30. The Kier molecular flexibility index (Phi) is 3.11. The second-order valence-electron chi connectivity index (χ2n) is 4.75. The summed E-state index contributed by atoms with van der Waals surface area (Å²) in [4.78, 5) is 12.3. The first-order valence-electron chi connectivity index (χ1n) is 6.25. The number of carbonyl (C=O) groups excluding carboxylic acids is 1. The van der Waals surface area contributed by atoms with Gasteiger partial charge in [0.15, 0.2) is 5.78 Å². The van der Waals surface area contributed by atoms with Gasteiger partial charge < -0.3 is 0 Å². The molecule has 0 spiro atoms. The van der Waals surface area contributed by atoms with Gasteiger partial charge in [-0.2, -0.15) is 0 Å². The smallest absolute Gasteiger partial charge is 0.177 e. The summed E-state index contributed by atoms with van der Waals surface area (Å²) in [5.41, 5.74) is 3.30. The van der Waals surface area contributed by atoms with Crippen LogP contribution in [0.1, 0.15) is 16.7 Å². The summed E-state index contributed by atoms with van der Waals surface area (Å²) in [5.74, 6) is 0.107. The van der Waals surface area contributed by atoms with Crippen LogP contribution in [0.4, 0.5) is 0 Å². The first-order chi connectivity index (χ1) is 9.20. The number of rotatable bonds is 2. The molecule has 0 fully saturated rings. The fraction of sp³-hybridized carbons (Fsp3) is 0.118. The van der Waals surface area contributed by atoms with Crippen LogP contribution in [0.15, 0.2) is 60.7 Å². The van der Waals surface area contributed by atoms with Gasteiger partial charge in [-0.25, -0.2) is 0 Å². The minimum Gasteiger partial charge on any atom is -0.293 e. The van der Waals surface area contributed by atoms with Crippen molar-refractivity contribution in [3.63, 3.8) is 0 Å². The molecule has 1 aliphatic carbocycles. The zero-order chi connectivity index (χ0) is 13.3. The van der Waals surface area contributed by atoms with Crippen molar-refractivity contribution in [1.29, 1.82) is 0 Å². The summed E-state index contributed by atoms with van der Waals surface area (Å²) >= 11 is 3.70. The molecule has 2 aromatic carbocycles. The van der Waals surface area contributed by atoms with E-state index in [0.29, 0.717) is 6.42 Å². The molecule has 0 radical (unpaired) electrons. The third kappa shape index (κ3) is 2.17. The Balaban J connectivity index is 2.07. The maximum absolute atomic E-state index is 12.3. The van der Waals surface area contributed by atoms with E-state index in [9.17, 15) is 4.79 Å². The van der Waals surface area contributed by atoms with E-state index < -0.39 is 4.32 Å². The Morgan fingerprint density at radius 1 is 0.895 bits per heavy atom. The molecule has 2 heteroatoms. The molecule has 0 aliphatic heterocycles. The molecule has 0 aromatic heterocycles. The minimum atomic E-state index is -0.639. The van der Waals surface area contributed by atoms with Crippen molar-refractivity contribution in [3.8, 4) is 0 Å². The largest absolute Gasteiger partial charge is 0.293 e. The maximum Gasteiger partial charge on any atom is 0.177 e. The lowest BCUT2D eigenvalue weighted by molar-refractivity contribution is -0.116. The number of hydrogen-bond donors (Lipinski definition) is 0. The number of halogens is 1. The van der Waals surface area contributed by atoms with Gasteiger partial charge in [0, 0.05) is 0 Å². The maximum atomic E-state index is 12.3. The topological polar surface area (TPSA) is 17.1 Å². The van der Waals surface area contributed by atoms with Crippen LogP contribution >= 0.6 is 15.9 Å². The highest BCUT2D eigenvalue weighted by atomic mass is 79.9. The monoisotopic (exact) mass is 312 g/mol. The molecule has 0 N–H and O–H groups in total. The van der Waals surface area contributed by atoms with Crippen LogP contribution in [0.2, 0.25) is 0 Å². The number of benzene rings is 2. The molecule has 0 saturated carbocycles. The molecule has 1 atom stereocenters. The average molecular weight is 313 g/mol. The SMILES string of the molecule is O=C1C=Cc2ccccc2C1(Br)Cc1ccccc1. The van der Waals surface area contributed by atoms with Gasteiger partial charge >= 0.3 is 0 Å². The first kappa shape index (κ1) is 12.4. The van der Waals surface area contributed by atoms with Crippen molar-refractivity contribution in [1.82, 2.24) is 0 Å². The van der Waals surface area contributed by atoms with Crippen LogP contribution in [0.5, 0.6) is 0 Å². The van der Waals surface area contributed by atoms with E-state index in [4.69, 9.17) is 0 Å². The summed E-state index contributed by atoms with van der Waals surface area (Å²) in [7, 11) is 0. The third-order valence-corrected chi connectivity index (χ3v) is 4.58. The Morgan fingerprint density at radius 3 is 2.37 bits per heavy atom. The first-order valence-corrected chi connectivity index (χ1v) is 7.04. The Hall–Kier alpha value is -1.67. The van der Waals surface area contributed by atoms with Crippen LogP contribution in [0.25, 0.3) is 6.08 Å². The van der Waals surface area contributed by atoms with Gasteiger partial charge in [0.2, 0.25) is 0 Å². The Morgan fingerprint density at radius 2 is 1.58 bits per heavy atom. The van der Waals surface area contributed by atoms with E-state index in [1.54, 1.807) is 6.08 Å². The number of ketones is 1. The van der Waals surface area contributed by atoms with Crippen LogP contribution in [0.3, 0.4) is 0 Å². The highest BCUT2D eigenvalue weighted by Gasteiger charge is 2.39. The summed E-state index contributed by atoms with van der Waals surface area (Å²) in [6, 6.07) is 18.1. The van der Waals surface area contributed by atoms with E-state index in [-0.39, 0.29) is 5.78 Å². The van der Waals surface area contributed by atoms with E-state index in [2.05, 4.69) is 28.1 Å². The van der Waals surface area contributed by atoms with Gasteiger partial charge in [-0.15, -0.1) is 0 Å². The van der Waals surface area contributed by atoms with Crippen molar-refractivity contribution in [3.05, 3.63) is 77.4 Å². The molecule has 2 aromatic rings. The molecule has 1 aliphatic rings. The summed E-state index contributed by atoms with van der Waals surface area (Å²) in [5, 5.41) is 0.